The third-order valence-electron chi connectivity index (χ3n) is 1.69. The van der Waals surface area contributed by atoms with E-state index in [9.17, 15) is 4.79 Å². The first-order valence-electron chi connectivity index (χ1n) is 3.48. The third kappa shape index (κ3) is 1.08. The number of hydrogen-bond donors (Lipinski definition) is 1. The summed E-state index contributed by atoms with van der Waals surface area (Å²) in [6.07, 6.45) is 0. The molecule has 12 heavy (non-hydrogen) atoms. The van der Waals surface area contributed by atoms with Crippen molar-refractivity contribution in [2.24, 2.45) is 0 Å². The van der Waals surface area contributed by atoms with Gasteiger partial charge in [-0.05, 0) is 11.6 Å². The van der Waals surface area contributed by atoms with E-state index in [2.05, 4.69) is 20.9 Å². The molecule has 0 aliphatic rings. The monoisotopic (exact) mass is 227 g/mol. The molecule has 2 aromatic rings. The number of H-pyrrole nitrogens is 1. The lowest BCUT2D eigenvalue weighted by Crippen LogP contribution is -1.93. The fraction of sp³-hybridized carbons (Fsp3) is 0.125. The molecule has 1 aromatic carbocycles. The highest BCUT2D eigenvalue weighted by Crippen LogP contribution is 2.16. The van der Waals surface area contributed by atoms with E-state index in [0.29, 0.717) is 10.9 Å². The predicted octanol–water partition coefficient (Wildman–Crippen LogP) is 2.02. The second-order valence-corrected chi connectivity index (χ2v) is 3.00. The summed E-state index contributed by atoms with van der Waals surface area (Å²) in [5, 5.41) is 0.708. The normalized spacial score (nSPS) is 10.8. The standard InChI is InChI=1S/C8H6BrNO2/c9-4-5-2-1-3-6-7(5)10-8(11)12-6/h1-3H,4H2,(H,10,11). The smallest absolute Gasteiger partial charge is 0.408 e. The third-order valence-corrected chi connectivity index (χ3v) is 2.29. The number of benzene rings is 1. The molecule has 1 heterocycles. The van der Waals surface area contributed by atoms with Crippen LogP contribution in [0.25, 0.3) is 11.1 Å². The van der Waals surface area contributed by atoms with Crippen LogP contribution in [0, 0.1) is 0 Å². The SMILES string of the molecule is O=c1[nH]c2c(CBr)cccc2o1. The van der Waals surface area contributed by atoms with E-state index >= 15 is 0 Å². The minimum atomic E-state index is -0.404. The summed E-state index contributed by atoms with van der Waals surface area (Å²) in [6.45, 7) is 0. The maximum Gasteiger partial charge on any atom is 0.417 e. The Balaban J connectivity index is 2.87. The first-order valence-corrected chi connectivity index (χ1v) is 4.60. The zero-order chi connectivity index (χ0) is 8.55. The maximum absolute atomic E-state index is 10.8. The summed E-state index contributed by atoms with van der Waals surface area (Å²) in [6, 6.07) is 5.55. The minimum Gasteiger partial charge on any atom is -0.408 e. The predicted molar refractivity (Wildman–Crippen MR) is 49.5 cm³/mol. The van der Waals surface area contributed by atoms with Crippen molar-refractivity contribution >= 4 is 27.0 Å². The van der Waals surface area contributed by atoms with E-state index in [1.54, 1.807) is 6.07 Å². The Hall–Kier alpha value is -1.03. The molecule has 0 amide bonds. The molecule has 0 bridgehead atoms. The number of nitrogens with one attached hydrogen (secondary N) is 1. The molecule has 0 unspecified atom stereocenters. The van der Waals surface area contributed by atoms with Crippen LogP contribution in [0.5, 0.6) is 0 Å². The Morgan fingerprint density at radius 1 is 1.50 bits per heavy atom. The molecule has 0 spiro atoms. The molecule has 0 radical (unpaired) electrons. The molecule has 0 aliphatic carbocycles. The lowest BCUT2D eigenvalue weighted by atomic mass is 10.2. The van der Waals surface area contributed by atoms with Crippen LogP contribution in [0.4, 0.5) is 0 Å². The highest BCUT2D eigenvalue weighted by molar-refractivity contribution is 9.08. The van der Waals surface area contributed by atoms with Crippen LogP contribution in [0.15, 0.2) is 27.4 Å². The molecule has 4 heteroatoms. The van der Waals surface area contributed by atoms with Crippen LogP contribution >= 0.6 is 15.9 Å². The average Bonchev–Trinajstić information content (AvgIpc) is 2.44. The van der Waals surface area contributed by atoms with Crippen molar-refractivity contribution in [3.05, 3.63) is 34.3 Å². The van der Waals surface area contributed by atoms with Gasteiger partial charge in [0.1, 0.15) is 0 Å². The van der Waals surface area contributed by atoms with Gasteiger partial charge in [-0.3, -0.25) is 4.98 Å². The lowest BCUT2D eigenvalue weighted by molar-refractivity contribution is 0.555. The fourth-order valence-electron chi connectivity index (χ4n) is 1.14. The van der Waals surface area contributed by atoms with Crippen molar-refractivity contribution in [1.29, 1.82) is 0 Å². The molecule has 62 valence electrons. The Kier molecular flexibility index (Phi) is 1.77. The molecular weight excluding hydrogens is 222 g/mol. The minimum absolute atomic E-state index is 0.404. The number of oxazole rings is 1. The van der Waals surface area contributed by atoms with Gasteiger partial charge in [0.05, 0.1) is 5.52 Å². The molecule has 0 aliphatic heterocycles. The molecule has 0 saturated heterocycles. The van der Waals surface area contributed by atoms with Gasteiger partial charge in [-0.15, -0.1) is 0 Å². The van der Waals surface area contributed by atoms with Gasteiger partial charge in [-0.25, -0.2) is 4.79 Å². The Labute approximate surface area is 76.5 Å². The molecule has 1 N–H and O–H groups in total. The van der Waals surface area contributed by atoms with Crippen molar-refractivity contribution in [3.8, 4) is 0 Å². The van der Waals surface area contributed by atoms with Gasteiger partial charge >= 0.3 is 5.76 Å². The van der Waals surface area contributed by atoms with Gasteiger partial charge in [0.2, 0.25) is 0 Å². The van der Waals surface area contributed by atoms with Crippen LogP contribution in [-0.2, 0) is 5.33 Å². The zero-order valence-corrected chi connectivity index (χ0v) is 7.72. The summed E-state index contributed by atoms with van der Waals surface area (Å²) < 4.78 is 4.88. The largest absolute Gasteiger partial charge is 0.417 e. The fourth-order valence-corrected chi connectivity index (χ4v) is 1.61. The van der Waals surface area contributed by atoms with E-state index in [0.717, 1.165) is 11.1 Å². The number of hydrogen-bond acceptors (Lipinski definition) is 2. The highest BCUT2D eigenvalue weighted by atomic mass is 79.9. The molecule has 2 rings (SSSR count). The topological polar surface area (TPSA) is 46.0 Å². The molecule has 3 nitrogen and oxygen atoms in total. The van der Waals surface area contributed by atoms with E-state index in [-0.39, 0.29) is 0 Å². The number of aromatic amines is 1. The number of alkyl halides is 1. The highest BCUT2D eigenvalue weighted by Gasteiger charge is 2.03. The number of halogens is 1. The maximum atomic E-state index is 10.8. The van der Waals surface area contributed by atoms with E-state index in [1.165, 1.54) is 0 Å². The number of fused-ring (bicyclic) bond motifs is 1. The van der Waals surface area contributed by atoms with Gasteiger partial charge < -0.3 is 4.42 Å². The quantitative estimate of drug-likeness (QED) is 0.759. The second-order valence-electron chi connectivity index (χ2n) is 2.44. The van der Waals surface area contributed by atoms with E-state index in [4.69, 9.17) is 4.42 Å². The second kappa shape index (κ2) is 2.79. The molecular formula is C8H6BrNO2. The van der Waals surface area contributed by atoms with Crippen molar-refractivity contribution in [1.82, 2.24) is 4.98 Å². The van der Waals surface area contributed by atoms with Gasteiger partial charge in [0.25, 0.3) is 0 Å². The molecule has 0 saturated carbocycles. The van der Waals surface area contributed by atoms with Crippen LogP contribution < -0.4 is 5.76 Å². The van der Waals surface area contributed by atoms with Crippen molar-refractivity contribution in [3.63, 3.8) is 0 Å². The Bertz CT molecular complexity index is 457. The van der Waals surface area contributed by atoms with E-state index < -0.39 is 5.76 Å². The lowest BCUT2D eigenvalue weighted by Gasteiger charge is -1.93. The zero-order valence-electron chi connectivity index (χ0n) is 6.13. The van der Waals surface area contributed by atoms with Crippen LogP contribution in [0.3, 0.4) is 0 Å². The average molecular weight is 228 g/mol. The van der Waals surface area contributed by atoms with Crippen LogP contribution in [-0.4, -0.2) is 4.98 Å². The van der Waals surface area contributed by atoms with Gasteiger partial charge in [0, 0.05) is 5.33 Å². The van der Waals surface area contributed by atoms with Crippen molar-refractivity contribution in [2.75, 3.05) is 0 Å². The van der Waals surface area contributed by atoms with Gasteiger partial charge in [-0.1, -0.05) is 28.1 Å². The number of para-hydroxylation sites is 1. The summed E-state index contributed by atoms with van der Waals surface area (Å²) in [4.78, 5) is 13.4. The van der Waals surface area contributed by atoms with E-state index in [1.807, 2.05) is 12.1 Å². The Morgan fingerprint density at radius 3 is 3.08 bits per heavy atom. The first kappa shape index (κ1) is 7.61. The molecule has 0 fully saturated rings. The number of aromatic nitrogens is 1. The molecule has 0 atom stereocenters. The number of rotatable bonds is 1. The van der Waals surface area contributed by atoms with Gasteiger partial charge in [-0.2, -0.15) is 0 Å². The van der Waals surface area contributed by atoms with Crippen molar-refractivity contribution < 1.29 is 4.42 Å². The van der Waals surface area contributed by atoms with Gasteiger partial charge in [0.15, 0.2) is 5.58 Å². The summed E-state index contributed by atoms with van der Waals surface area (Å²) in [5.74, 6) is -0.404. The van der Waals surface area contributed by atoms with Crippen LogP contribution in [0.1, 0.15) is 5.56 Å². The summed E-state index contributed by atoms with van der Waals surface area (Å²) in [7, 11) is 0. The first-order chi connectivity index (χ1) is 5.81. The summed E-state index contributed by atoms with van der Waals surface area (Å²) in [5.41, 5.74) is 2.41. The van der Waals surface area contributed by atoms with Crippen molar-refractivity contribution in [2.45, 2.75) is 5.33 Å². The Morgan fingerprint density at radius 2 is 2.33 bits per heavy atom. The van der Waals surface area contributed by atoms with Crippen LogP contribution in [0.2, 0.25) is 0 Å². The summed E-state index contributed by atoms with van der Waals surface area (Å²) >= 11 is 3.32. The molecule has 1 aromatic heterocycles.